The van der Waals surface area contributed by atoms with Gasteiger partial charge in [-0.2, -0.15) is 0 Å². The van der Waals surface area contributed by atoms with E-state index in [9.17, 15) is 10.3 Å². The van der Waals surface area contributed by atoms with E-state index < -0.39 is 6.10 Å². The Morgan fingerprint density at radius 3 is 1.81 bits per heavy atom. The molecule has 2 aromatic carbocycles. The first-order chi connectivity index (χ1) is 10.2. The second-order valence-corrected chi connectivity index (χ2v) is 4.39. The standard InChI is InChI=1S/C16H17NO4/c1-20-13-7-3-11(4-8-13)15(17-19)16(18)12-5-9-14(21-2)10-6-12/h3-10,16,18-19H,1-2H3/b17-15+. The van der Waals surface area contributed by atoms with Crippen molar-refractivity contribution >= 4 is 5.71 Å². The van der Waals surface area contributed by atoms with E-state index in [2.05, 4.69) is 5.16 Å². The van der Waals surface area contributed by atoms with Gasteiger partial charge in [0.05, 0.1) is 14.2 Å². The first-order valence-corrected chi connectivity index (χ1v) is 6.38. The van der Waals surface area contributed by atoms with E-state index in [1.807, 2.05) is 0 Å². The van der Waals surface area contributed by atoms with Crippen LogP contribution in [0.25, 0.3) is 0 Å². The number of hydrogen-bond donors (Lipinski definition) is 2. The number of benzene rings is 2. The fourth-order valence-corrected chi connectivity index (χ4v) is 1.98. The maximum absolute atomic E-state index is 10.4. The second kappa shape index (κ2) is 6.76. The molecule has 0 amide bonds. The van der Waals surface area contributed by atoms with Crippen molar-refractivity contribution in [3.8, 4) is 11.5 Å². The average molecular weight is 287 g/mol. The zero-order valence-corrected chi connectivity index (χ0v) is 11.9. The zero-order valence-electron chi connectivity index (χ0n) is 11.9. The van der Waals surface area contributed by atoms with Crippen LogP contribution in [0, 0.1) is 0 Å². The van der Waals surface area contributed by atoms with Crippen LogP contribution >= 0.6 is 0 Å². The molecule has 5 nitrogen and oxygen atoms in total. The maximum atomic E-state index is 10.4. The first-order valence-electron chi connectivity index (χ1n) is 6.38. The van der Waals surface area contributed by atoms with Gasteiger partial charge >= 0.3 is 0 Å². The summed E-state index contributed by atoms with van der Waals surface area (Å²) < 4.78 is 10.1. The molecule has 2 rings (SSSR count). The Balaban J connectivity index is 2.26. The summed E-state index contributed by atoms with van der Waals surface area (Å²) in [6.07, 6.45) is -1.03. The molecule has 0 saturated carbocycles. The minimum absolute atomic E-state index is 0.169. The summed E-state index contributed by atoms with van der Waals surface area (Å²) in [5.74, 6) is 1.38. The van der Waals surface area contributed by atoms with E-state index >= 15 is 0 Å². The van der Waals surface area contributed by atoms with Crippen LogP contribution in [0.3, 0.4) is 0 Å². The molecule has 0 radical (unpaired) electrons. The third-order valence-electron chi connectivity index (χ3n) is 3.18. The summed E-state index contributed by atoms with van der Waals surface area (Å²) in [4.78, 5) is 0. The molecule has 0 aliphatic heterocycles. The van der Waals surface area contributed by atoms with Crippen molar-refractivity contribution in [3.63, 3.8) is 0 Å². The number of methoxy groups -OCH3 is 2. The minimum Gasteiger partial charge on any atom is -0.497 e. The van der Waals surface area contributed by atoms with Gasteiger partial charge in [0, 0.05) is 5.56 Å². The fourth-order valence-electron chi connectivity index (χ4n) is 1.98. The Labute approximate surface area is 123 Å². The van der Waals surface area contributed by atoms with E-state index in [-0.39, 0.29) is 5.71 Å². The van der Waals surface area contributed by atoms with Gasteiger partial charge in [0.1, 0.15) is 23.3 Å². The van der Waals surface area contributed by atoms with Gasteiger partial charge in [-0.1, -0.05) is 17.3 Å². The molecule has 2 N–H and O–H groups in total. The number of nitrogens with zero attached hydrogens (tertiary/aromatic N) is 1. The number of rotatable bonds is 5. The van der Waals surface area contributed by atoms with Crippen molar-refractivity contribution in [1.29, 1.82) is 0 Å². The lowest BCUT2D eigenvalue weighted by Crippen LogP contribution is -2.13. The number of aliphatic hydroxyl groups excluding tert-OH is 1. The largest absolute Gasteiger partial charge is 0.497 e. The Morgan fingerprint density at radius 2 is 1.38 bits per heavy atom. The zero-order chi connectivity index (χ0) is 15.2. The van der Waals surface area contributed by atoms with Crippen LogP contribution in [0.15, 0.2) is 53.7 Å². The van der Waals surface area contributed by atoms with Gasteiger partial charge in [0.25, 0.3) is 0 Å². The topological polar surface area (TPSA) is 71.3 Å². The Kier molecular flexibility index (Phi) is 4.79. The molecule has 0 aromatic heterocycles. The summed E-state index contributed by atoms with van der Waals surface area (Å²) in [7, 11) is 3.14. The van der Waals surface area contributed by atoms with Crippen molar-refractivity contribution in [2.45, 2.75) is 6.10 Å². The predicted octanol–water partition coefficient (Wildman–Crippen LogP) is 2.62. The van der Waals surface area contributed by atoms with Gasteiger partial charge in [-0.25, -0.2) is 0 Å². The molecule has 0 fully saturated rings. The van der Waals surface area contributed by atoms with Gasteiger partial charge in [0.2, 0.25) is 0 Å². The van der Waals surface area contributed by atoms with Crippen LogP contribution < -0.4 is 9.47 Å². The number of aliphatic hydroxyl groups is 1. The lowest BCUT2D eigenvalue weighted by Gasteiger charge is -2.14. The summed E-state index contributed by atoms with van der Waals surface area (Å²) in [6, 6.07) is 13.8. The molecule has 0 saturated heterocycles. The third kappa shape index (κ3) is 3.32. The molecular formula is C16H17NO4. The van der Waals surface area contributed by atoms with Gasteiger partial charge in [-0.15, -0.1) is 0 Å². The van der Waals surface area contributed by atoms with E-state index in [1.165, 1.54) is 0 Å². The smallest absolute Gasteiger partial charge is 0.125 e. The van der Waals surface area contributed by atoms with Crippen molar-refractivity contribution in [2.24, 2.45) is 5.16 Å². The summed E-state index contributed by atoms with van der Waals surface area (Å²) in [5.41, 5.74) is 1.39. The summed E-state index contributed by atoms with van der Waals surface area (Å²) in [5, 5.41) is 22.8. The van der Waals surface area contributed by atoms with Crippen molar-refractivity contribution in [3.05, 3.63) is 59.7 Å². The maximum Gasteiger partial charge on any atom is 0.125 e. The molecule has 1 unspecified atom stereocenters. The average Bonchev–Trinajstić information content (AvgIpc) is 2.56. The van der Waals surface area contributed by atoms with Crippen molar-refractivity contribution < 1.29 is 19.8 Å². The lowest BCUT2D eigenvalue weighted by atomic mass is 9.99. The van der Waals surface area contributed by atoms with E-state index in [4.69, 9.17) is 9.47 Å². The van der Waals surface area contributed by atoms with E-state index in [1.54, 1.807) is 62.8 Å². The molecule has 1 atom stereocenters. The Bertz CT molecular complexity index is 605. The van der Waals surface area contributed by atoms with Crippen LogP contribution in [0.4, 0.5) is 0 Å². The molecule has 0 bridgehead atoms. The Morgan fingerprint density at radius 1 is 0.905 bits per heavy atom. The SMILES string of the molecule is COc1ccc(/C(=N\O)C(O)c2ccc(OC)cc2)cc1. The Hall–Kier alpha value is -2.53. The highest BCUT2D eigenvalue weighted by molar-refractivity contribution is 6.03. The number of hydrogen-bond acceptors (Lipinski definition) is 5. The highest BCUT2D eigenvalue weighted by Crippen LogP contribution is 2.23. The fraction of sp³-hybridized carbons (Fsp3) is 0.188. The molecule has 0 spiro atoms. The molecule has 0 aliphatic rings. The van der Waals surface area contributed by atoms with Gasteiger partial charge in [0.15, 0.2) is 0 Å². The molecule has 21 heavy (non-hydrogen) atoms. The van der Waals surface area contributed by atoms with Crippen LogP contribution in [0.5, 0.6) is 11.5 Å². The molecule has 2 aromatic rings. The minimum atomic E-state index is -1.03. The van der Waals surface area contributed by atoms with Crippen LogP contribution in [0.2, 0.25) is 0 Å². The van der Waals surface area contributed by atoms with Gasteiger partial charge in [-0.05, 0) is 42.0 Å². The van der Waals surface area contributed by atoms with Crippen molar-refractivity contribution in [1.82, 2.24) is 0 Å². The van der Waals surface area contributed by atoms with E-state index in [0.29, 0.717) is 22.6 Å². The predicted molar refractivity (Wildman–Crippen MR) is 79.3 cm³/mol. The van der Waals surface area contributed by atoms with Gasteiger partial charge in [-0.3, -0.25) is 0 Å². The second-order valence-electron chi connectivity index (χ2n) is 4.39. The first kappa shape index (κ1) is 14.9. The number of ether oxygens (including phenoxy) is 2. The summed E-state index contributed by atoms with van der Waals surface area (Å²) >= 11 is 0. The van der Waals surface area contributed by atoms with Crippen LogP contribution in [-0.2, 0) is 0 Å². The van der Waals surface area contributed by atoms with Crippen LogP contribution in [0.1, 0.15) is 17.2 Å². The number of oxime groups is 1. The summed E-state index contributed by atoms with van der Waals surface area (Å²) in [6.45, 7) is 0. The monoisotopic (exact) mass is 287 g/mol. The molecular weight excluding hydrogens is 270 g/mol. The van der Waals surface area contributed by atoms with Crippen molar-refractivity contribution in [2.75, 3.05) is 14.2 Å². The molecule has 0 aliphatic carbocycles. The molecule has 110 valence electrons. The normalized spacial score (nSPS) is 12.8. The molecule has 5 heteroatoms. The molecule has 0 heterocycles. The third-order valence-corrected chi connectivity index (χ3v) is 3.18. The quantitative estimate of drug-likeness (QED) is 0.504. The van der Waals surface area contributed by atoms with Gasteiger partial charge < -0.3 is 19.8 Å². The van der Waals surface area contributed by atoms with Crippen LogP contribution in [-0.4, -0.2) is 30.2 Å². The lowest BCUT2D eigenvalue weighted by molar-refractivity contribution is 0.235. The highest BCUT2D eigenvalue weighted by atomic mass is 16.5. The van der Waals surface area contributed by atoms with E-state index in [0.717, 1.165) is 0 Å². The highest BCUT2D eigenvalue weighted by Gasteiger charge is 2.18.